The van der Waals surface area contributed by atoms with Gasteiger partial charge in [0.15, 0.2) is 0 Å². The van der Waals surface area contributed by atoms with Crippen molar-refractivity contribution < 1.29 is 65.1 Å². The second kappa shape index (κ2) is 16.1. The van der Waals surface area contributed by atoms with E-state index in [-0.39, 0.29) is 17.3 Å². The second-order valence-corrected chi connectivity index (χ2v) is 10.4. The highest BCUT2D eigenvalue weighted by Crippen LogP contribution is 2.30. The number of piperidine rings is 1. The average molecular weight is 586 g/mol. The quantitative estimate of drug-likeness (QED) is 0.376. The number of hydrogen-bond acceptors (Lipinski definition) is 6. The van der Waals surface area contributed by atoms with Crippen LogP contribution < -0.4 is 0 Å². The molecule has 9 nitrogen and oxygen atoms in total. The fourth-order valence-electron chi connectivity index (χ4n) is 3.20. The van der Waals surface area contributed by atoms with Gasteiger partial charge in [-0.15, -0.1) is 0 Å². The molecule has 1 amide bonds. The van der Waals surface area contributed by atoms with Crippen LogP contribution in [-0.2, 0) is 23.8 Å². The molecule has 39 heavy (non-hydrogen) atoms. The van der Waals surface area contributed by atoms with Gasteiger partial charge in [-0.05, 0) is 60.3 Å². The maximum atomic E-state index is 11.8. The summed E-state index contributed by atoms with van der Waals surface area (Å²) in [5, 5.41) is 14.2. The zero-order valence-corrected chi connectivity index (χ0v) is 23.4. The van der Waals surface area contributed by atoms with E-state index in [1.165, 1.54) is 32.1 Å². The molecule has 232 valence electrons. The first-order chi connectivity index (χ1) is 17.4. The zero-order valence-electron chi connectivity index (χ0n) is 23.4. The van der Waals surface area contributed by atoms with Crippen LogP contribution in [-0.4, -0.2) is 89.6 Å². The third-order valence-electron chi connectivity index (χ3n) is 5.85. The van der Waals surface area contributed by atoms with Crippen LogP contribution >= 0.6 is 0 Å². The van der Waals surface area contributed by atoms with E-state index in [4.69, 9.17) is 34.0 Å². The van der Waals surface area contributed by atoms with Gasteiger partial charge in [-0.25, -0.2) is 14.4 Å². The van der Waals surface area contributed by atoms with E-state index < -0.39 is 29.9 Å². The third-order valence-corrected chi connectivity index (χ3v) is 5.85. The third kappa shape index (κ3) is 18.6. The molecule has 0 aromatic heterocycles. The zero-order chi connectivity index (χ0) is 31.3. The van der Waals surface area contributed by atoms with Gasteiger partial charge in [0.1, 0.15) is 5.60 Å². The summed E-state index contributed by atoms with van der Waals surface area (Å²) in [6.45, 7) is 11.4. The normalized spacial score (nSPS) is 18.5. The van der Waals surface area contributed by atoms with Crippen molar-refractivity contribution in [2.45, 2.75) is 109 Å². The molecule has 1 saturated carbocycles. The number of amides is 1. The Morgan fingerprint density at radius 1 is 0.692 bits per heavy atom. The number of aliphatic carboxylic acids is 2. The first-order valence-electron chi connectivity index (χ1n) is 12.1. The van der Waals surface area contributed by atoms with Crippen molar-refractivity contribution in [3.8, 4) is 0 Å². The number of alkyl halides is 6. The minimum Gasteiger partial charge on any atom is -0.475 e. The molecule has 0 bridgehead atoms. The number of ether oxygens (including phenoxy) is 3. The van der Waals surface area contributed by atoms with Crippen LogP contribution in [0.4, 0.5) is 31.1 Å². The Bertz CT molecular complexity index is 727. The van der Waals surface area contributed by atoms with Crippen molar-refractivity contribution in [2.24, 2.45) is 0 Å². The summed E-state index contributed by atoms with van der Waals surface area (Å²) in [6, 6.07) is 0. The van der Waals surface area contributed by atoms with Gasteiger partial charge >= 0.3 is 30.4 Å². The molecule has 1 aliphatic heterocycles. The van der Waals surface area contributed by atoms with Gasteiger partial charge in [0.2, 0.25) is 0 Å². The summed E-state index contributed by atoms with van der Waals surface area (Å²) >= 11 is 0. The predicted molar refractivity (Wildman–Crippen MR) is 128 cm³/mol. The minimum atomic E-state index is -5.08. The minimum absolute atomic E-state index is 0.0848. The van der Waals surface area contributed by atoms with Gasteiger partial charge in [-0.1, -0.05) is 19.3 Å². The number of carboxylic acids is 2. The van der Waals surface area contributed by atoms with E-state index in [2.05, 4.69) is 13.8 Å². The number of halogens is 6. The van der Waals surface area contributed by atoms with E-state index in [0.29, 0.717) is 13.1 Å². The Morgan fingerprint density at radius 3 is 1.23 bits per heavy atom. The molecule has 0 aromatic rings. The lowest BCUT2D eigenvalue weighted by Crippen LogP contribution is -2.47. The maximum Gasteiger partial charge on any atom is 0.490 e. The summed E-state index contributed by atoms with van der Waals surface area (Å²) in [5.41, 5.74) is -0.282. The van der Waals surface area contributed by atoms with Gasteiger partial charge in [-0.2, -0.15) is 26.3 Å². The first kappa shape index (κ1) is 38.9. The average Bonchev–Trinajstić information content (AvgIpc) is 2.79. The summed E-state index contributed by atoms with van der Waals surface area (Å²) in [7, 11) is 3.55. The van der Waals surface area contributed by atoms with Gasteiger partial charge in [0.05, 0.1) is 11.2 Å². The molecule has 1 aliphatic carbocycles. The molecule has 0 radical (unpaired) electrons. The molecule has 0 spiro atoms. The van der Waals surface area contributed by atoms with Gasteiger partial charge in [0, 0.05) is 27.3 Å². The Kier molecular flexibility index (Phi) is 16.0. The number of carbonyl (C=O) groups is 3. The molecule has 2 aliphatic rings. The van der Waals surface area contributed by atoms with Crippen LogP contribution in [0.3, 0.4) is 0 Å². The Morgan fingerprint density at radius 2 is 1.00 bits per heavy atom. The molecule has 2 rings (SSSR count). The highest BCUT2D eigenvalue weighted by atomic mass is 19.4. The van der Waals surface area contributed by atoms with Crippen LogP contribution in [0.5, 0.6) is 0 Å². The molecule has 15 heteroatoms. The van der Waals surface area contributed by atoms with Crippen molar-refractivity contribution in [3.05, 3.63) is 0 Å². The first-order valence-corrected chi connectivity index (χ1v) is 12.1. The van der Waals surface area contributed by atoms with Gasteiger partial charge in [-0.3, -0.25) is 0 Å². The summed E-state index contributed by atoms with van der Waals surface area (Å²) in [4.78, 5) is 31.3. The molecule has 2 N–H and O–H groups in total. The van der Waals surface area contributed by atoms with Crippen LogP contribution in [0.25, 0.3) is 0 Å². The van der Waals surface area contributed by atoms with E-state index >= 15 is 0 Å². The predicted octanol–water partition coefficient (Wildman–Crippen LogP) is 6.04. The summed E-state index contributed by atoms with van der Waals surface area (Å²) in [5.74, 6) is -5.51. The van der Waals surface area contributed by atoms with Crippen molar-refractivity contribution in [2.75, 3.05) is 27.3 Å². The molecule has 2 fully saturated rings. The topological polar surface area (TPSA) is 123 Å². The lowest BCUT2D eigenvalue weighted by Gasteiger charge is -2.38. The van der Waals surface area contributed by atoms with Crippen molar-refractivity contribution >= 4 is 18.0 Å². The van der Waals surface area contributed by atoms with E-state index in [9.17, 15) is 31.1 Å². The number of carbonyl (C=O) groups excluding carboxylic acids is 1. The van der Waals surface area contributed by atoms with Crippen molar-refractivity contribution in [1.82, 2.24) is 4.90 Å². The van der Waals surface area contributed by atoms with Crippen LogP contribution in [0.15, 0.2) is 0 Å². The number of carboxylic acid groups (broad SMARTS) is 2. The number of rotatable bonds is 2. The highest BCUT2D eigenvalue weighted by molar-refractivity contribution is 5.73. The number of nitrogens with zero attached hydrogens (tertiary/aromatic N) is 1. The number of likely N-dealkylation sites (tertiary alicyclic amines) is 1. The Hall–Kier alpha value is -2.29. The number of hydrogen-bond donors (Lipinski definition) is 2. The molecule has 0 unspecified atom stereocenters. The lowest BCUT2D eigenvalue weighted by atomic mass is 9.86. The Balaban J connectivity index is 0. The van der Waals surface area contributed by atoms with Gasteiger partial charge in [0.25, 0.3) is 0 Å². The van der Waals surface area contributed by atoms with E-state index in [1.807, 2.05) is 27.9 Å². The van der Waals surface area contributed by atoms with Gasteiger partial charge < -0.3 is 29.3 Å². The molecule has 0 aromatic carbocycles. The van der Waals surface area contributed by atoms with E-state index in [0.717, 1.165) is 12.8 Å². The Labute approximate surface area is 224 Å². The molecular weight excluding hydrogens is 544 g/mol. The fourth-order valence-corrected chi connectivity index (χ4v) is 3.20. The van der Waals surface area contributed by atoms with E-state index in [1.54, 1.807) is 12.0 Å². The standard InChI is InChI=1S/C12H23NO3.C8H16O.2C2HF3O2/c1-11(2,3)16-10(14)13-8-6-12(4,15-5)7-9-13;1-8(9-2)6-4-3-5-7-8;2*3-2(4,5)1(6)7/h6-9H2,1-5H3;3-7H2,1-2H3;2*(H,6,7). The molecule has 1 saturated heterocycles. The summed E-state index contributed by atoms with van der Waals surface area (Å²) in [6.07, 6.45) is -2.04. The largest absolute Gasteiger partial charge is 0.490 e. The monoisotopic (exact) mass is 585 g/mol. The SMILES string of the molecule is COC1(C)CCCCC1.COC1(C)CCN(C(=O)OC(C)(C)C)CC1.O=C(O)C(F)(F)F.O=C(O)C(F)(F)F. The molecule has 0 atom stereocenters. The highest BCUT2D eigenvalue weighted by Gasteiger charge is 2.39. The maximum absolute atomic E-state index is 11.8. The van der Waals surface area contributed by atoms with Crippen LogP contribution in [0.2, 0.25) is 0 Å². The number of methoxy groups -OCH3 is 2. The lowest BCUT2D eigenvalue weighted by molar-refractivity contribution is -0.193. The van der Waals surface area contributed by atoms with Crippen molar-refractivity contribution in [1.29, 1.82) is 0 Å². The molecular formula is C24H41F6NO8. The molecule has 1 heterocycles. The van der Waals surface area contributed by atoms with Crippen LogP contribution in [0, 0.1) is 0 Å². The fraction of sp³-hybridized carbons (Fsp3) is 0.875. The van der Waals surface area contributed by atoms with Crippen LogP contribution in [0.1, 0.15) is 79.6 Å². The summed E-state index contributed by atoms with van der Waals surface area (Å²) < 4.78 is 79.6. The second-order valence-electron chi connectivity index (χ2n) is 10.4. The van der Waals surface area contributed by atoms with Crippen molar-refractivity contribution in [3.63, 3.8) is 0 Å². The smallest absolute Gasteiger partial charge is 0.475 e.